The monoisotopic (exact) mass is 249 g/mol. The van der Waals surface area contributed by atoms with Crippen molar-refractivity contribution in [1.82, 2.24) is 5.32 Å². The quantitative estimate of drug-likeness (QED) is 0.770. The Morgan fingerprint density at radius 1 is 1.29 bits per heavy atom. The maximum Gasteiger partial charge on any atom is 0.0446 e. The van der Waals surface area contributed by atoms with Crippen molar-refractivity contribution in [2.45, 2.75) is 44.4 Å². The van der Waals surface area contributed by atoms with Gasteiger partial charge in [0.15, 0.2) is 0 Å². The summed E-state index contributed by atoms with van der Waals surface area (Å²) in [6, 6.07) is 9.49. The molecule has 2 rings (SSSR count). The number of unbranched alkanes of at least 4 members (excludes halogenated alkanes) is 1. The minimum absolute atomic E-state index is 0.568. The first-order chi connectivity index (χ1) is 8.36. The molecule has 1 aromatic rings. The Hall–Kier alpha value is -0.470. The standard InChI is InChI=1S/C15H23NS/c1-3-5-10-17-14-11-12-8-6-7-9-13(12)15(14)16-4-2/h6-9,14-16H,3-5,10-11H2,1-2H3. The topological polar surface area (TPSA) is 12.0 Å². The minimum Gasteiger partial charge on any atom is -0.309 e. The number of hydrogen-bond donors (Lipinski definition) is 1. The second kappa shape index (κ2) is 6.46. The van der Waals surface area contributed by atoms with Crippen LogP contribution in [0, 0.1) is 0 Å². The molecule has 0 amide bonds. The lowest BCUT2D eigenvalue weighted by molar-refractivity contribution is 0.560. The summed E-state index contributed by atoms with van der Waals surface area (Å²) in [5, 5.41) is 4.39. The van der Waals surface area contributed by atoms with Gasteiger partial charge in [-0.25, -0.2) is 0 Å². The molecule has 17 heavy (non-hydrogen) atoms. The van der Waals surface area contributed by atoms with E-state index in [0.29, 0.717) is 6.04 Å². The Morgan fingerprint density at radius 3 is 2.88 bits per heavy atom. The van der Waals surface area contributed by atoms with Gasteiger partial charge in [-0.05, 0) is 36.3 Å². The molecule has 94 valence electrons. The highest BCUT2D eigenvalue weighted by Gasteiger charge is 2.31. The zero-order chi connectivity index (χ0) is 12.1. The number of rotatable bonds is 6. The zero-order valence-electron chi connectivity index (χ0n) is 10.9. The third-order valence-electron chi connectivity index (χ3n) is 3.44. The van der Waals surface area contributed by atoms with Crippen LogP contribution < -0.4 is 5.32 Å². The Morgan fingerprint density at radius 2 is 2.12 bits per heavy atom. The Bertz CT molecular complexity index is 351. The Labute approximate surface area is 109 Å². The van der Waals surface area contributed by atoms with Gasteiger partial charge < -0.3 is 5.32 Å². The summed E-state index contributed by atoms with van der Waals surface area (Å²) in [5.41, 5.74) is 3.08. The molecular formula is C15H23NS. The summed E-state index contributed by atoms with van der Waals surface area (Å²) in [6.45, 7) is 5.53. The van der Waals surface area contributed by atoms with Crippen molar-refractivity contribution >= 4 is 11.8 Å². The van der Waals surface area contributed by atoms with Crippen LogP contribution in [0.25, 0.3) is 0 Å². The van der Waals surface area contributed by atoms with E-state index < -0.39 is 0 Å². The lowest BCUT2D eigenvalue weighted by Gasteiger charge is -2.20. The van der Waals surface area contributed by atoms with Crippen LogP contribution in [0.3, 0.4) is 0 Å². The van der Waals surface area contributed by atoms with E-state index in [2.05, 4.69) is 55.2 Å². The molecule has 1 nitrogen and oxygen atoms in total. The lowest BCUT2D eigenvalue weighted by Crippen LogP contribution is -2.27. The second-order valence-electron chi connectivity index (χ2n) is 4.70. The smallest absolute Gasteiger partial charge is 0.0446 e. The Balaban J connectivity index is 2.04. The number of benzene rings is 1. The van der Waals surface area contributed by atoms with Gasteiger partial charge in [-0.15, -0.1) is 0 Å². The van der Waals surface area contributed by atoms with E-state index in [9.17, 15) is 0 Å². The fourth-order valence-corrected chi connectivity index (χ4v) is 4.04. The molecule has 0 saturated heterocycles. The average molecular weight is 249 g/mol. The molecule has 0 aromatic heterocycles. The number of hydrogen-bond acceptors (Lipinski definition) is 2. The largest absolute Gasteiger partial charge is 0.309 e. The van der Waals surface area contributed by atoms with Crippen molar-refractivity contribution < 1.29 is 0 Å². The summed E-state index contributed by atoms with van der Waals surface area (Å²) >= 11 is 2.15. The van der Waals surface area contributed by atoms with Gasteiger partial charge in [0.25, 0.3) is 0 Å². The average Bonchev–Trinajstić information content (AvgIpc) is 2.69. The first kappa shape index (κ1) is 13.0. The molecule has 0 spiro atoms. The predicted molar refractivity (Wildman–Crippen MR) is 77.7 cm³/mol. The van der Waals surface area contributed by atoms with E-state index >= 15 is 0 Å². The Kier molecular flexibility index (Phi) is 4.93. The highest BCUT2D eigenvalue weighted by molar-refractivity contribution is 7.99. The molecule has 0 radical (unpaired) electrons. The first-order valence-electron chi connectivity index (χ1n) is 6.79. The van der Waals surface area contributed by atoms with Gasteiger partial charge in [-0.2, -0.15) is 11.8 Å². The number of thioether (sulfide) groups is 1. The van der Waals surface area contributed by atoms with Gasteiger partial charge in [-0.3, -0.25) is 0 Å². The van der Waals surface area contributed by atoms with E-state index in [1.165, 1.54) is 30.6 Å². The van der Waals surface area contributed by atoms with Crippen molar-refractivity contribution in [2.75, 3.05) is 12.3 Å². The summed E-state index contributed by atoms with van der Waals surface area (Å²) in [4.78, 5) is 0. The fraction of sp³-hybridized carbons (Fsp3) is 0.600. The lowest BCUT2D eigenvalue weighted by atomic mass is 10.1. The van der Waals surface area contributed by atoms with Crippen molar-refractivity contribution in [3.8, 4) is 0 Å². The molecule has 2 heteroatoms. The maximum atomic E-state index is 3.66. The summed E-state index contributed by atoms with van der Waals surface area (Å²) in [7, 11) is 0. The van der Waals surface area contributed by atoms with Crippen LogP contribution in [0.4, 0.5) is 0 Å². The highest BCUT2D eigenvalue weighted by atomic mass is 32.2. The van der Waals surface area contributed by atoms with E-state index in [4.69, 9.17) is 0 Å². The molecule has 1 N–H and O–H groups in total. The molecule has 0 bridgehead atoms. The molecule has 2 unspecified atom stereocenters. The molecular weight excluding hydrogens is 226 g/mol. The third kappa shape index (κ3) is 3.05. The third-order valence-corrected chi connectivity index (χ3v) is 4.83. The first-order valence-corrected chi connectivity index (χ1v) is 7.84. The number of fused-ring (bicyclic) bond motifs is 1. The predicted octanol–water partition coefficient (Wildman–Crippen LogP) is 3.80. The van der Waals surface area contributed by atoms with Gasteiger partial charge in [-0.1, -0.05) is 44.5 Å². The van der Waals surface area contributed by atoms with Crippen LogP contribution in [0.1, 0.15) is 43.9 Å². The van der Waals surface area contributed by atoms with Crippen molar-refractivity contribution in [3.63, 3.8) is 0 Å². The van der Waals surface area contributed by atoms with Crippen LogP contribution in [0.15, 0.2) is 24.3 Å². The normalized spacial score (nSPS) is 22.7. The van der Waals surface area contributed by atoms with Crippen LogP contribution in [0.5, 0.6) is 0 Å². The van der Waals surface area contributed by atoms with Gasteiger partial charge in [0.2, 0.25) is 0 Å². The summed E-state index contributed by atoms with van der Waals surface area (Å²) < 4.78 is 0. The molecule has 0 heterocycles. The molecule has 0 aliphatic heterocycles. The molecule has 0 saturated carbocycles. The summed E-state index contributed by atoms with van der Waals surface area (Å²) in [6.07, 6.45) is 3.89. The van der Waals surface area contributed by atoms with Crippen LogP contribution in [0.2, 0.25) is 0 Å². The molecule has 1 aliphatic rings. The van der Waals surface area contributed by atoms with E-state index in [1.807, 2.05) is 0 Å². The van der Waals surface area contributed by atoms with E-state index in [1.54, 1.807) is 5.56 Å². The molecule has 1 aromatic carbocycles. The molecule has 2 atom stereocenters. The maximum absolute atomic E-state index is 3.66. The van der Waals surface area contributed by atoms with Crippen LogP contribution in [-0.4, -0.2) is 17.5 Å². The van der Waals surface area contributed by atoms with E-state index in [-0.39, 0.29) is 0 Å². The van der Waals surface area contributed by atoms with Crippen LogP contribution in [-0.2, 0) is 6.42 Å². The molecule has 0 fully saturated rings. The van der Waals surface area contributed by atoms with E-state index in [0.717, 1.165) is 11.8 Å². The van der Waals surface area contributed by atoms with Crippen LogP contribution >= 0.6 is 11.8 Å². The SMILES string of the molecule is CCCCSC1Cc2ccccc2C1NCC. The fourth-order valence-electron chi connectivity index (χ4n) is 2.55. The summed E-state index contributed by atoms with van der Waals surface area (Å²) in [5.74, 6) is 1.30. The van der Waals surface area contributed by atoms with Gasteiger partial charge in [0.1, 0.15) is 0 Å². The second-order valence-corrected chi connectivity index (χ2v) is 6.05. The van der Waals surface area contributed by atoms with Gasteiger partial charge in [0.05, 0.1) is 0 Å². The number of nitrogens with one attached hydrogen (secondary N) is 1. The zero-order valence-corrected chi connectivity index (χ0v) is 11.7. The van der Waals surface area contributed by atoms with Crippen molar-refractivity contribution in [3.05, 3.63) is 35.4 Å². The van der Waals surface area contributed by atoms with Crippen molar-refractivity contribution in [2.24, 2.45) is 0 Å². The van der Waals surface area contributed by atoms with Crippen molar-refractivity contribution in [1.29, 1.82) is 0 Å². The highest BCUT2D eigenvalue weighted by Crippen LogP contribution is 2.38. The molecule has 1 aliphatic carbocycles. The van der Waals surface area contributed by atoms with Gasteiger partial charge >= 0.3 is 0 Å². The minimum atomic E-state index is 0.568. The van der Waals surface area contributed by atoms with Gasteiger partial charge in [0, 0.05) is 11.3 Å².